The maximum atomic E-state index is 11.4. The molecule has 0 radical (unpaired) electrons. The zero-order valence-electron chi connectivity index (χ0n) is 15.8. The minimum absolute atomic E-state index is 0.0231. The van der Waals surface area contributed by atoms with Gasteiger partial charge < -0.3 is 5.11 Å². The van der Waals surface area contributed by atoms with Crippen LogP contribution in [0.3, 0.4) is 0 Å². The zero-order chi connectivity index (χ0) is 18.6. The van der Waals surface area contributed by atoms with Gasteiger partial charge >= 0.3 is 5.97 Å². The van der Waals surface area contributed by atoms with Crippen molar-refractivity contribution in [2.75, 3.05) is 0 Å². The number of hydrogen-bond donors (Lipinski definition) is 2. The van der Waals surface area contributed by atoms with Gasteiger partial charge in [0.1, 0.15) is 6.04 Å². The Morgan fingerprint density at radius 1 is 1.24 bits per heavy atom. The Hall–Kier alpha value is -2.14. The summed E-state index contributed by atoms with van der Waals surface area (Å²) in [5.41, 5.74) is 3.14. The third kappa shape index (κ3) is 5.16. The third-order valence-electron chi connectivity index (χ3n) is 4.18. The first-order chi connectivity index (χ1) is 11.7. The van der Waals surface area contributed by atoms with E-state index in [1.165, 1.54) is 5.56 Å². The first kappa shape index (κ1) is 19.2. The Bertz CT molecular complexity index is 699. The number of hydrogen-bond acceptors (Lipinski definition) is 3. The normalized spacial score (nSPS) is 13.2. The van der Waals surface area contributed by atoms with Crippen molar-refractivity contribution < 1.29 is 9.90 Å². The zero-order valence-corrected chi connectivity index (χ0v) is 15.8. The molecule has 0 aliphatic carbocycles. The smallest absolute Gasteiger partial charge is 0.320 e. The van der Waals surface area contributed by atoms with Gasteiger partial charge in [0.25, 0.3) is 0 Å². The molecule has 1 aromatic heterocycles. The lowest BCUT2D eigenvalue weighted by Gasteiger charge is -2.20. The highest BCUT2D eigenvalue weighted by molar-refractivity contribution is 5.73. The predicted molar refractivity (Wildman–Crippen MR) is 99.6 cm³/mol. The van der Waals surface area contributed by atoms with Crippen molar-refractivity contribution in [1.82, 2.24) is 15.1 Å². The topological polar surface area (TPSA) is 67.2 Å². The number of aromatic nitrogens is 2. The monoisotopic (exact) mass is 343 g/mol. The fraction of sp³-hybridized carbons (Fsp3) is 0.500. The van der Waals surface area contributed by atoms with Gasteiger partial charge in [0.2, 0.25) is 0 Å². The van der Waals surface area contributed by atoms with Crippen LogP contribution in [0.5, 0.6) is 0 Å². The average molecular weight is 343 g/mol. The van der Waals surface area contributed by atoms with Gasteiger partial charge in [-0.1, -0.05) is 65.0 Å². The van der Waals surface area contributed by atoms with E-state index >= 15 is 0 Å². The number of rotatable bonds is 7. The fourth-order valence-corrected chi connectivity index (χ4v) is 2.90. The summed E-state index contributed by atoms with van der Waals surface area (Å²) in [5.74, 6) is -0.793. The quantitative estimate of drug-likeness (QED) is 0.808. The van der Waals surface area contributed by atoms with Crippen LogP contribution in [-0.2, 0) is 23.3 Å². The van der Waals surface area contributed by atoms with Crippen molar-refractivity contribution in [2.45, 2.75) is 59.2 Å². The highest BCUT2D eigenvalue weighted by Crippen LogP contribution is 2.25. The number of benzene rings is 1. The van der Waals surface area contributed by atoms with E-state index in [0.717, 1.165) is 11.3 Å². The highest BCUT2D eigenvalue weighted by atomic mass is 16.4. The fourth-order valence-electron chi connectivity index (χ4n) is 2.90. The van der Waals surface area contributed by atoms with E-state index in [2.05, 4.69) is 38.2 Å². The number of carboxylic acids is 1. The van der Waals surface area contributed by atoms with E-state index < -0.39 is 12.0 Å². The van der Waals surface area contributed by atoms with Crippen LogP contribution in [0, 0.1) is 5.92 Å². The molecular weight excluding hydrogens is 314 g/mol. The van der Waals surface area contributed by atoms with Gasteiger partial charge in [0.15, 0.2) is 0 Å². The molecule has 0 bridgehead atoms. The van der Waals surface area contributed by atoms with Crippen LogP contribution in [0.2, 0.25) is 0 Å². The van der Waals surface area contributed by atoms with E-state index in [9.17, 15) is 9.90 Å². The lowest BCUT2D eigenvalue weighted by atomic mass is 9.89. The van der Waals surface area contributed by atoms with Crippen molar-refractivity contribution in [3.63, 3.8) is 0 Å². The maximum absolute atomic E-state index is 11.4. The largest absolute Gasteiger partial charge is 0.480 e. The van der Waals surface area contributed by atoms with E-state index in [0.29, 0.717) is 13.1 Å². The summed E-state index contributed by atoms with van der Waals surface area (Å²) in [6.45, 7) is 11.4. The molecule has 1 aromatic carbocycles. The molecule has 2 rings (SSSR count). The van der Waals surface area contributed by atoms with Crippen molar-refractivity contribution in [1.29, 1.82) is 0 Å². The first-order valence-corrected chi connectivity index (χ1v) is 8.75. The second kappa shape index (κ2) is 7.83. The molecule has 1 atom stereocenters. The van der Waals surface area contributed by atoms with Gasteiger partial charge in [-0.2, -0.15) is 5.10 Å². The van der Waals surface area contributed by atoms with Crippen LogP contribution in [0.4, 0.5) is 0 Å². The van der Waals surface area contributed by atoms with Crippen molar-refractivity contribution >= 4 is 5.97 Å². The lowest BCUT2D eigenvalue weighted by molar-refractivity contribution is -0.140. The van der Waals surface area contributed by atoms with E-state index in [1.807, 2.05) is 42.9 Å². The van der Waals surface area contributed by atoms with E-state index in [4.69, 9.17) is 5.10 Å². The molecule has 2 N–H and O–H groups in total. The Morgan fingerprint density at radius 2 is 1.88 bits per heavy atom. The minimum atomic E-state index is -0.816. The number of aliphatic carboxylic acids is 1. The van der Waals surface area contributed by atoms with Gasteiger partial charge in [0, 0.05) is 23.7 Å². The summed E-state index contributed by atoms with van der Waals surface area (Å²) in [7, 11) is 0. The average Bonchev–Trinajstić information content (AvgIpc) is 2.91. The number of carboxylic acid groups (broad SMARTS) is 1. The predicted octanol–water partition coefficient (Wildman–Crippen LogP) is 3.43. The van der Waals surface area contributed by atoms with Crippen LogP contribution >= 0.6 is 0 Å². The molecule has 5 nitrogen and oxygen atoms in total. The molecule has 0 unspecified atom stereocenters. The van der Waals surface area contributed by atoms with Gasteiger partial charge in [-0.25, -0.2) is 0 Å². The van der Waals surface area contributed by atoms with Crippen molar-refractivity contribution in [2.24, 2.45) is 5.92 Å². The van der Waals surface area contributed by atoms with E-state index in [1.54, 1.807) is 0 Å². The number of nitrogens with zero attached hydrogens (tertiary/aromatic N) is 2. The summed E-state index contributed by atoms with van der Waals surface area (Å²) in [4.78, 5) is 11.4. The molecule has 0 aliphatic rings. The molecule has 0 fully saturated rings. The molecule has 0 spiro atoms. The van der Waals surface area contributed by atoms with Gasteiger partial charge in [-0.05, 0) is 11.5 Å². The molecule has 25 heavy (non-hydrogen) atoms. The molecule has 0 aliphatic heterocycles. The Morgan fingerprint density at radius 3 is 2.40 bits per heavy atom. The van der Waals surface area contributed by atoms with Gasteiger partial charge in [-0.3, -0.25) is 14.8 Å². The van der Waals surface area contributed by atoms with Crippen molar-refractivity contribution in [3.8, 4) is 0 Å². The molecular formula is C20H29N3O2. The summed E-state index contributed by atoms with van der Waals surface area (Å²) in [6.07, 6.45) is 2.03. The summed E-state index contributed by atoms with van der Waals surface area (Å²) in [6, 6.07) is 9.63. The molecule has 0 amide bonds. The minimum Gasteiger partial charge on any atom is -0.480 e. The van der Waals surface area contributed by atoms with Crippen LogP contribution in [0.1, 0.15) is 51.4 Å². The molecule has 2 aromatic rings. The van der Waals surface area contributed by atoms with Crippen LogP contribution < -0.4 is 5.32 Å². The highest BCUT2D eigenvalue weighted by Gasteiger charge is 2.25. The Balaban J connectivity index is 2.22. The lowest BCUT2D eigenvalue weighted by Crippen LogP contribution is -2.40. The molecule has 0 saturated heterocycles. The summed E-state index contributed by atoms with van der Waals surface area (Å²) < 4.78 is 1.94. The maximum Gasteiger partial charge on any atom is 0.320 e. The second-order valence-electron chi connectivity index (χ2n) is 7.88. The van der Waals surface area contributed by atoms with E-state index in [-0.39, 0.29) is 11.3 Å². The standard InChI is InChI=1S/C20H29N3O2/c1-14(2)17(19(24)25)21-11-16-13-23(22-18(16)20(3,4)5)12-15-9-7-6-8-10-15/h6-10,13-14,17,21H,11-12H2,1-5H3,(H,24,25)/t17-/m0/s1. The summed E-state index contributed by atoms with van der Waals surface area (Å²) in [5, 5.41) is 17.3. The van der Waals surface area contributed by atoms with Gasteiger partial charge in [0.05, 0.1) is 12.2 Å². The van der Waals surface area contributed by atoms with Crippen LogP contribution in [0.25, 0.3) is 0 Å². The second-order valence-corrected chi connectivity index (χ2v) is 7.88. The molecule has 136 valence electrons. The molecule has 5 heteroatoms. The number of nitrogens with one attached hydrogen (secondary N) is 1. The van der Waals surface area contributed by atoms with Gasteiger partial charge in [-0.15, -0.1) is 0 Å². The van der Waals surface area contributed by atoms with Crippen LogP contribution in [-0.4, -0.2) is 26.9 Å². The molecule has 1 heterocycles. The Kier molecular flexibility index (Phi) is 6.01. The van der Waals surface area contributed by atoms with Crippen molar-refractivity contribution in [3.05, 3.63) is 53.3 Å². The summed E-state index contributed by atoms with van der Waals surface area (Å²) >= 11 is 0. The SMILES string of the molecule is CC(C)[C@H](NCc1cn(Cc2ccccc2)nc1C(C)(C)C)C(=O)O. The number of carbonyl (C=O) groups is 1. The van der Waals surface area contributed by atoms with Crippen LogP contribution in [0.15, 0.2) is 36.5 Å². The molecule has 0 saturated carbocycles. The third-order valence-corrected chi connectivity index (χ3v) is 4.18. The first-order valence-electron chi connectivity index (χ1n) is 8.75. The Labute approximate surface area is 150 Å².